The lowest BCUT2D eigenvalue weighted by Gasteiger charge is -1.90. The molecule has 0 bridgehead atoms. The highest BCUT2D eigenvalue weighted by atomic mass is 28.2. The van der Waals surface area contributed by atoms with E-state index in [0.29, 0.717) is 0 Å². The van der Waals surface area contributed by atoms with E-state index in [9.17, 15) is 0 Å². The molecule has 0 atom stereocenters. The molecule has 0 aliphatic heterocycles. The van der Waals surface area contributed by atoms with Crippen molar-refractivity contribution in [3.05, 3.63) is 0 Å². The van der Waals surface area contributed by atoms with Gasteiger partial charge < -0.3 is 10.3 Å². The van der Waals surface area contributed by atoms with E-state index < -0.39 is 0 Å². The van der Waals surface area contributed by atoms with Crippen molar-refractivity contribution in [3.8, 4) is 0 Å². The lowest BCUT2D eigenvalue weighted by molar-refractivity contribution is 0.505. The van der Waals surface area contributed by atoms with Gasteiger partial charge in [0, 0.05) is 0 Å². The first-order valence-electron chi connectivity index (χ1n) is 1.92. The van der Waals surface area contributed by atoms with E-state index >= 15 is 0 Å². The van der Waals surface area contributed by atoms with Crippen LogP contribution in [-0.4, -0.2) is 36.4 Å². The van der Waals surface area contributed by atoms with Crippen LogP contribution in [0.15, 0.2) is 0 Å². The van der Waals surface area contributed by atoms with Crippen LogP contribution in [-0.2, 0) is 0 Å². The Morgan fingerprint density at radius 2 is 1.17 bits per heavy atom. The van der Waals surface area contributed by atoms with Gasteiger partial charge in [0.25, 0.3) is 0 Å². The zero-order chi connectivity index (χ0) is 5.58. The van der Waals surface area contributed by atoms with Crippen molar-refractivity contribution in [2.45, 2.75) is 0 Å². The van der Waals surface area contributed by atoms with Crippen LogP contribution >= 0.6 is 0 Å². The number of nitrogens with zero attached hydrogens (tertiary/aromatic N) is 1. The van der Waals surface area contributed by atoms with Gasteiger partial charge in [0.1, 0.15) is 0 Å². The molecule has 0 heterocycles. The van der Waals surface area contributed by atoms with Gasteiger partial charge in [-0.3, -0.25) is 0 Å². The molecule has 0 unspecified atom stereocenters. The van der Waals surface area contributed by atoms with Gasteiger partial charge >= 0.3 is 0 Å². The van der Waals surface area contributed by atoms with Crippen molar-refractivity contribution >= 4 is 10.4 Å². The maximum absolute atomic E-state index is 4.64. The fourth-order valence-electron chi connectivity index (χ4n) is 0. The van der Waals surface area contributed by atoms with Crippen molar-refractivity contribution in [1.29, 1.82) is 0 Å². The molecule has 0 spiro atoms. The molecule has 0 aromatic rings. The number of rotatable bonds is 0. The molecule has 0 aromatic heterocycles. The molecular formula is C3H14N2Si. The molecule has 6 heavy (non-hydrogen) atoms. The van der Waals surface area contributed by atoms with E-state index in [1.54, 1.807) is 0 Å². The Morgan fingerprint density at radius 1 is 1.17 bits per heavy atom. The molecule has 0 radical (unpaired) electrons. The van der Waals surface area contributed by atoms with Gasteiger partial charge in [-0.15, -0.1) is 0 Å². The molecule has 0 rings (SSSR count). The summed E-state index contributed by atoms with van der Waals surface area (Å²) in [6.45, 7) is 0. The second-order valence-electron chi connectivity index (χ2n) is 1.34. The van der Waals surface area contributed by atoms with Gasteiger partial charge in [-0.25, -0.2) is 0 Å². The molecule has 2 N–H and O–H groups in total. The summed E-state index contributed by atoms with van der Waals surface area (Å²) in [7, 11) is 6.81. The summed E-state index contributed by atoms with van der Waals surface area (Å²) in [5.41, 5.74) is 0. The maximum atomic E-state index is 4.64. The summed E-state index contributed by atoms with van der Waals surface area (Å²) < 4.78 is 0. The van der Waals surface area contributed by atoms with Gasteiger partial charge in [-0.1, -0.05) is 0 Å². The van der Waals surface area contributed by atoms with Crippen LogP contribution < -0.4 is 5.40 Å². The Labute approximate surface area is 42.8 Å². The molecular weight excluding hydrogens is 92.1 g/mol. The largest absolute Gasteiger partial charge is 0.358 e. The molecule has 2 nitrogen and oxygen atoms in total. The van der Waals surface area contributed by atoms with Crippen molar-refractivity contribution in [1.82, 2.24) is 4.90 Å². The van der Waals surface area contributed by atoms with E-state index in [4.69, 9.17) is 0 Å². The second-order valence-corrected chi connectivity index (χ2v) is 1.34. The third-order valence-corrected chi connectivity index (χ3v) is 0. The lowest BCUT2D eigenvalue weighted by atomic mass is 11.0. The predicted molar refractivity (Wildman–Crippen MR) is 33.7 cm³/mol. The van der Waals surface area contributed by atoms with E-state index in [2.05, 4.69) is 5.40 Å². The van der Waals surface area contributed by atoms with Crippen molar-refractivity contribution < 1.29 is 0 Å². The average Bonchev–Trinajstić information content (AvgIpc) is 1.41. The minimum absolute atomic E-state index is 0.806. The monoisotopic (exact) mass is 106 g/mol. The van der Waals surface area contributed by atoms with E-state index in [1.165, 1.54) is 0 Å². The minimum atomic E-state index is 0.806. The standard InChI is InChI=1S/C3H9N.H5NSi/c1-4(2)3;1-2/h1-3H3;1H2,2H3. The van der Waals surface area contributed by atoms with Crippen LogP contribution in [0.3, 0.4) is 0 Å². The van der Waals surface area contributed by atoms with Gasteiger partial charge in [-0.05, 0) is 21.1 Å². The summed E-state index contributed by atoms with van der Waals surface area (Å²) in [4.78, 5) is 2.00. The molecule has 0 saturated carbocycles. The van der Waals surface area contributed by atoms with Crippen molar-refractivity contribution in [2.75, 3.05) is 21.1 Å². The summed E-state index contributed by atoms with van der Waals surface area (Å²) in [6, 6.07) is 0. The fraction of sp³-hybridized carbons (Fsp3) is 1.00. The molecule has 40 valence electrons. The van der Waals surface area contributed by atoms with E-state index in [0.717, 1.165) is 10.4 Å². The topological polar surface area (TPSA) is 29.3 Å². The van der Waals surface area contributed by atoms with Gasteiger partial charge in [0.2, 0.25) is 0 Å². The first-order valence-corrected chi connectivity index (χ1v) is 3.07. The van der Waals surface area contributed by atoms with Gasteiger partial charge in [0.05, 0.1) is 10.4 Å². The molecule has 0 aliphatic carbocycles. The Balaban J connectivity index is 0. The van der Waals surface area contributed by atoms with Crippen molar-refractivity contribution in [3.63, 3.8) is 0 Å². The second kappa shape index (κ2) is 8.93. The smallest absolute Gasteiger partial charge is 0.0716 e. The summed E-state index contributed by atoms with van der Waals surface area (Å²) in [5.74, 6) is 0. The lowest BCUT2D eigenvalue weighted by Crippen LogP contribution is -1.99. The fourth-order valence-corrected chi connectivity index (χ4v) is 0. The predicted octanol–water partition coefficient (Wildman–Crippen LogP) is -1.60. The van der Waals surface area contributed by atoms with Crippen LogP contribution in [0.2, 0.25) is 0 Å². The normalized spacial score (nSPS) is 7.50. The number of hydrogen-bond donors (Lipinski definition) is 1. The highest BCUT2D eigenvalue weighted by molar-refractivity contribution is 6.02. The summed E-state index contributed by atoms with van der Waals surface area (Å²) in [5, 5.41) is 4.64. The highest BCUT2D eigenvalue weighted by Gasteiger charge is 1.58. The zero-order valence-corrected chi connectivity index (χ0v) is 7.02. The number of nitrogens with two attached hydrogens (primary N) is 1. The van der Waals surface area contributed by atoms with Crippen LogP contribution in [0.4, 0.5) is 0 Å². The Hall–Kier alpha value is 0.137. The van der Waals surface area contributed by atoms with Gasteiger partial charge in [-0.2, -0.15) is 0 Å². The molecule has 0 saturated heterocycles. The molecule has 0 amide bonds. The quantitative estimate of drug-likeness (QED) is 0.377. The van der Waals surface area contributed by atoms with E-state index in [-0.39, 0.29) is 0 Å². The van der Waals surface area contributed by atoms with Crippen LogP contribution in [0, 0.1) is 0 Å². The molecule has 0 aliphatic rings. The summed E-state index contributed by atoms with van der Waals surface area (Å²) in [6.07, 6.45) is 0. The Bertz CT molecular complexity index is 13.5. The average molecular weight is 106 g/mol. The first-order chi connectivity index (χ1) is 2.73. The highest BCUT2D eigenvalue weighted by Crippen LogP contribution is 1.47. The van der Waals surface area contributed by atoms with Gasteiger partial charge in [0.15, 0.2) is 0 Å². The number of hydrogen-bond acceptors (Lipinski definition) is 2. The zero-order valence-electron chi connectivity index (χ0n) is 5.02. The summed E-state index contributed by atoms with van der Waals surface area (Å²) >= 11 is 0. The maximum Gasteiger partial charge on any atom is 0.0716 e. The van der Waals surface area contributed by atoms with Crippen LogP contribution in [0.1, 0.15) is 0 Å². The minimum Gasteiger partial charge on any atom is -0.358 e. The SMILES string of the molecule is CN(C)C.N[SiH3]. The van der Waals surface area contributed by atoms with E-state index in [1.807, 2.05) is 26.0 Å². The Morgan fingerprint density at radius 3 is 1.17 bits per heavy atom. The van der Waals surface area contributed by atoms with Crippen LogP contribution in [0.25, 0.3) is 0 Å². The third kappa shape index (κ3) is 2170. The third-order valence-electron chi connectivity index (χ3n) is 0. The molecule has 3 heteroatoms. The first kappa shape index (κ1) is 9.46. The Kier molecular flexibility index (Phi) is 14.1. The molecule has 0 aromatic carbocycles. The molecule has 0 fully saturated rings. The van der Waals surface area contributed by atoms with Crippen LogP contribution in [0.5, 0.6) is 0 Å². The van der Waals surface area contributed by atoms with Crippen molar-refractivity contribution in [2.24, 2.45) is 5.40 Å².